The van der Waals surface area contributed by atoms with Gasteiger partial charge < -0.3 is 9.76 Å². The lowest BCUT2D eigenvalue weighted by Crippen LogP contribution is -2.10. The van der Waals surface area contributed by atoms with E-state index in [0.717, 1.165) is 11.0 Å². The molecule has 1 aromatic rings. The fourth-order valence-corrected chi connectivity index (χ4v) is 1.04. The van der Waals surface area contributed by atoms with Crippen LogP contribution < -0.4 is 5.46 Å². The van der Waals surface area contributed by atoms with Crippen LogP contribution in [-0.4, -0.2) is 12.6 Å². The summed E-state index contributed by atoms with van der Waals surface area (Å²) >= 11 is 0. The summed E-state index contributed by atoms with van der Waals surface area (Å²) in [6.45, 7) is 0.635. The van der Waals surface area contributed by atoms with Crippen molar-refractivity contribution in [2.75, 3.05) is 0 Å². The SMILES string of the molecule is Oc1ccc2c(c1)[B]OC2. The Morgan fingerprint density at radius 2 is 2.40 bits per heavy atom. The lowest BCUT2D eigenvalue weighted by atomic mass is 9.87. The van der Waals surface area contributed by atoms with Gasteiger partial charge >= 0.3 is 7.48 Å². The zero-order valence-corrected chi connectivity index (χ0v) is 5.37. The zero-order chi connectivity index (χ0) is 6.97. The van der Waals surface area contributed by atoms with E-state index < -0.39 is 0 Å². The minimum atomic E-state index is 0.292. The quantitative estimate of drug-likeness (QED) is 0.511. The Morgan fingerprint density at radius 1 is 1.50 bits per heavy atom. The van der Waals surface area contributed by atoms with Gasteiger partial charge in [0.05, 0.1) is 6.61 Å². The first-order chi connectivity index (χ1) is 4.86. The Morgan fingerprint density at radius 3 is 3.30 bits per heavy atom. The second-order valence-corrected chi connectivity index (χ2v) is 2.31. The molecule has 10 heavy (non-hydrogen) atoms. The zero-order valence-electron chi connectivity index (χ0n) is 5.37. The first kappa shape index (κ1) is 5.80. The van der Waals surface area contributed by atoms with E-state index in [-0.39, 0.29) is 0 Å². The number of aromatic hydroxyl groups is 1. The third-order valence-electron chi connectivity index (χ3n) is 1.58. The van der Waals surface area contributed by atoms with E-state index in [1.165, 1.54) is 0 Å². The van der Waals surface area contributed by atoms with E-state index in [9.17, 15) is 0 Å². The molecule has 0 aromatic heterocycles. The van der Waals surface area contributed by atoms with E-state index in [2.05, 4.69) is 0 Å². The molecule has 0 atom stereocenters. The predicted octanol–water partition coefficient (Wildman–Crippen LogP) is 0.167. The Labute approximate surface area is 59.7 Å². The topological polar surface area (TPSA) is 29.5 Å². The highest BCUT2D eigenvalue weighted by Crippen LogP contribution is 2.11. The largest absolute Gasteiger partial charge is 0.508 e. The summed E-state index contributed by atoms with van der Waals surface area (Å²) in [7, 11) is 1.66. The number of rotatable bonds is 0. The van der Waals surface area contributed by atoms with Gasteiger partial charge in [-0.15, -0.1) is 0 Å². The molecule has 1 aliphatic heterocycles. The van der Waals surface area contributed by atoms with Crippen molar-refractivity contribution >= 4 is 12.9 Å². The maximum atomic E-state index is 9.02. The molecule has 0 amide bonds. The van der Waals surface area contributed by atoms with Crippen LogP contribution in [0.2, 0.25) is 0 Å². The van der Waals surface area contributed by atoms with Crippen molar-refractivity contribution in [2.24, 2.45) is 0 Å². The number of phenols is 1. The molecule has 2 nitrogen and oxygen atoms in total. The first-order valence-electron chi connectivity index (χ1n) is 3.13. The maximum absolute atomic E-state index is 9.02. The van der Waals surface area contributed by atoms with Gasteiger partial charge in [-0.1, -0.05) is 6.07 Å². The highest BCUT2D eigenvalue weighted by molar-refractivity contribution is 6.48. The second kappa shape index (κ2) is 2.02. The predicted molar refractivity (Wildman–Crippen MR) is 38.3 cm³/mol. The molecule has 1 heterocycles. The summed E-state index contributed by atoms with van der Waals surface area (Å²) in [5.41, 5.74) is 2.12. The molecular formula is C7H6BO2. The number of hydrogen-bond donors (Lipinski definition) is 1. The minimum absolute atomic E-state index is 0.292. The molecule has 0 spiro atoms. The normalized spacial score (nSPS) is 14.4. The van der Waals surface area contributed by atoms with Gasteiger partial charge in [-0.25, -0.2) is 0 Å². The van der Waals surface area contributed by atoms with Gasteiger partial charge in [0.15, 0.2) is 0 Å². The second-order valence-electron chi connectivity index (χ2n) is 2.31. The molecule has 3 heteroatoms. The number of benzene rings is 1. The van der Waals surface area contributed by atoms with E-state index in [1.54, 1.807) is 19.6 Å². The minimum Gasteiger partial charge on any atom is -0.508 e. The van der Waals surface area contributed by atoms with Crippen molar-refractivity contribution in [2.45, 2.75) is 6.61 Å². The molecular weight excluding hydrogens is 127 g/mol. The monoisotopic (exact) mass is 133 g/mol. The molecule has 0 bridgehead atoms. The number of fused-ring (bicyclic) bond motifs is 1. The molecule has 0 saturated heterocycles. The fourth-order valence-electron chi connectivity index (χ4n) is 1.04. The van der Waals surface area contributed by atoms with Gasteiger partial charge in [-0.05, 0) is 23.2 Å². The molecule has 1 N–H and O–H groups in total. The highest BCUT2D eigenvalue weighted by atomic mass is 16.4. The summed E-state index contributed by atoms with van der Waals surface area (Å²) in [6.07, 6.45) is 0. The van der Waals surface area contributed by atoms with Crippen molar-refractivity contribution < 1.29 is 9.76 Å². The van der Waals surface area contributed by atoms with Gasteiger partial charge in [0.25, 0.3) is 0 Å². The lowest BCUT2D eigenvalue weighted by molar-refractivity contribution is 0.345. The van der Waals surface area contributed by atoms with Crippen molar-refractivity contribution in [3.63, 3.8) is 0 Å². The van der Waals surface area contributed by atoms with Gasteiger partial charge in [-0.2, -0.15) is 0 Å². The Kier molecular flexibility index (Phi) is 1.17. The standard InChI is InChI=1S/C7H6BO2/c9-6-2-1-5-4-10-8-7(5)3-6/h1-3,9H,4H2. The molecule has 0 aliphatic carbocycles. The van der Waals surface area contributed by atoms with Crippen molar-refractivity contribution in [1.82, 2.24) is 0 Å². The molecule has 0 fully saturated rings. The van der Waals surface area contributed by atoms with E-state index in [4.69, 9.17) is 9.76 Å². The number of phenolic OH excluding ortho intramolecular Hbond substituents is 1. The van der Waals surface area contributed by atoms with Crippen LogP contribution in [-0.2, 0) is 11.3 Å². The van der Waals surface area contributed by atoms with Crippen molar-refractivity contribution in [3.05, 3.63) is 23.8 Å². The average Bonchev–Trinajstić information content (AvgIpc) is 2.33. The third kappa shape index (κ3) is 0.791. The van der Waals surface area contributed by atoms with E-state index in [1.807, 2.05) is 6.07 Å². The molecule has 0 unspecified atom stereocenters. The summed E-state index contributed by atoms with van der Waals surface area (Å²) in [5.74, 6) is 0.292. The molecule has 1 radical (unpaired) electrons. The summed E-state index contributed by atoms with van der Waals surface area (Å²) in [6, 6.07) is 5.23. The van der Waals surface area contributed by atoms with Crippen LogP contribution >= 0.6 is 0 Å². The number of hydrogen-bond acceptors (Lipinski definition) is 2. The van der Waals surface area contributed by atoms with Crippen LogP contribution in [0.1, 0.15) is 5.56 Å². The Bertz CT molecular complexity index is 260. The average molecular weight is 133 g/mol. The van der Waals surface area contributed by atoms with Crippen LogP contribution in [0.3, 0.4) is 0 Å². The van der Waals surface area contributed by atoms with Gasteiger partial charge in [-0.3, -0.25) is 0 Å². The van der Waals surface area contributed by atoms with Crippen molar-refractivity contribution in [1.29, 1.82) is 0 Å². The summed E-state index contributed by atoms with van der Waals surface area (Å²) in [4.78, 5) is 0. The molecule has 2 rings (SSSR count). The lowest BCUT2D eigenvalue weighted by Gasteiger charge is -1.95. The van der Waals surface area contributed by atoms with Gasteiger partial charge in [0.1, 0.15) is 5.75 Å². The van der Waals surface area contributed by atoms with Gasteiger partial charge in [0.2, 0.25) is 0 Å². The Balaban J connectivity index is 2.52. The molecule has 1 aliphatic rings. The third-order valence-corrected chi connectivity index (χ3v) is 1.58. The summed E-state index contributed by atoms with van der Waals surface area (Å²) < 4.78 is 5.03. The Hall–Kier alpha value is -0.955. The van der Waals surface area contributed by atoms with Crippen LogP contribution in [0.4, 0.5) is 0 Å². The highest BCUT2D eigenvalue weighted by Gasteiger charge is 2.12. The molecule has 49 valence electrons. The fraction of sp³-hybridized carbons (Fsp3) is 0.143. The smallest absolute Gasteiger partial charge is 0.330 e. The summed E-state index contributed by atoms with van der Waals surface area (Å²) in [5, 5.41) is 9.02. The van der Waals surface area contributed by atoms with E-state index >= 15 is 0 Å². The van der Waals surface area contributed by atoms with Crippen LogP contribution in [0, 0.1) is 0 Å². The first-order valence-corrected chi connectivity index (χ1v) is 3.13. The maximum Gasteiger partial charge on any atom is 0.330 e. The van der Waals surface area contributed by atoms with Crippen LogP contribution in [0.5, 0.6) is 5.75 Å². The van der Waals surface area contributed by atoms with Gasteiger partial charge in [0, 0.05) is 0 Å². The molecule has 0 saturated carbocycles. The van der Waals surface area contributed by atoms with E-state index in [0.29, 0.717) is 12.4 Å². The van der Waals surface area contributed by atoms with Crippen LogP contribution in [0.25, 0.3) is 0 Å². The molecule has 1 aromatic carbocycles. The van der Waals surface area contributed by atoms with Crippen molar-refractivity contribution in [3.8, 4) is 5.75 Å². The van der Waals surface area contributed by atoms with Crippen LogP contribution in [0.15, 0.2) is 18.2 Å².